The Balaban J connectivity index is 0. The number of carbonyl (C=O) groups is 1. The van der Waals surface area contributed by atoms with Crippen LogP contribution >= 0.6 is 0 Å². The average Bonchev–Trinajstić information content (AvgIpc) is 1.82. The Morgan fingerprint density at radius 3 is 1.62 bits per heavy atom. The van der Waals surface area contributed by atoms with Crippen molar-refractivity contribution < 1.29 is 30.4 Å². The van der Waals surface area contributed by atoms with Gasteiger partial charge in [0, 0.05) is 16.8 Å². The fourth-order valence-corrected chi connectivity index (χ4v) is 0.874. The SMILES string of the molecule is C1=CCCCCC=C1.O=C(F)F.[Co]. The molecule has 0 aliphatic heterocycles. The third-order valence-corrected chi connectivity index (χ3v) is 1.37. The summed E-state index contributed by atoms with van der Waals surface area (Å²) in [5, 5.41) is 0. The summed E-state index contributed by atoms with van der Waals surface area (Å²) in [6.07, 6.45) is 11.2. The molecule has 0 aromatic carbocycles. The van der Waals surface area contributed by atoms with Crippen molar-refractivity contribution in [3.05, 3.63) is 24.3 Å². The van der Waals surface area contributed by atoms with Gasteiger partial charge in [-0.1, -0.05) is 24.3 Å². The van der Waals surface area contributed by atoms with E-state index in [0.717, 1.165) is 0 Å². The van der Waals surface area contributed by atoms with E-state index in [1.165, 1.54) is 25.7 Å². The summed E-state index contributed by atoms with van der Waals surface area (Å²) in [4.78, 5) is 8.11. The van der Waals surface area contributed by atoms with E-state index in [4.69, 9.17) is 4.79 Å². The Hall–Kier alpha value is -0.484. The van der Waals surface area contributed by atoms with Crippen molar-refractivity contribution in [1.82, 2.24) is 0 Å². The molecular formula is C9H12CoF2O. The summed E-state index contributed by atoms with van der Waals surface area (Å²) in [6, 6.07) is 0. The molecule has 1 aliphatic carbocycles. The van der Waals surface area contributed by atoms with E-state index in [1.54, 1.807) is 0 Å². The largest absolute Gasteiger partial charge is 0.483 e. The van der Waals surface area contributed by atoms with Crippen LogP contribution in [0.5, 0.6) is 0 Å². The first-order valence-corrected chi connectivity index (χ1v) is 3.90. The molecule has 0 aromatic heterocycles. The zero-order valence-electron chi connectivity index (χ0n) is 7.14. The van der Waals surface area contributed by atoms with Gasteiger partial charge in [0.15, 0.2) is 0 Å². The summed E-state index contributed by atoms with van der Waals surface area (Å²) < 4.78 is 19.4. The fourth-order valence-electron chi connectivity index (χ4n) is 0.874. The van der Waals surface area contributed by atoms with Gasteiger partial charge in [0.2, 0.25) is 0 Å². The standard InChI is InChI=1S/C8H12.CF2O.Co/c1-2-4-6-8-7-5-3-1;2-1(3)4;/h1-4H,5-8H2;;. The third-order valence-electron chi connectivity index (χ3n) is 1.37. The van der Waals surface area contributed by atoms with E-state index in [0.29, 0.717) is 0 Å². The molecule has 0 saturated heterocycles. The number of hydrogen-bond donors (Lipinski definition) is 0. The predicted molar refractivity (Wildman–Crippen MR) is 44.4 cm³/mol. The molecule has 77 valence electrons. The van der Waals surface area contributed by atoms with E-state index < -0.39 is 6.29 Å². The number of allylic oxidation sites excluding steroid dienone is 4. The average molecular weight is 233 g/mol. The summed E-state index contributed by atoms with van der Waals surface area (Å²) in [6.45, 7) is 0. The topological polar surface area (TPSA) is 17.1 Å². The molecule has 1 aliphatic rings. The van der Waals surface area contributed by atoms with Crippen molar-refractivity contribution in [3.63, 3.8) is 0 Å². The maximum Gasteiger partial charge on any atom is 0.483 e. The van der Waals surface area contributed by atoms with Crippen LogP contribution in [-0.2, 0) is 16.8 Å². The van der Waals surface area contributed by atoms with Crippen LogP contribution in [0.15, 0.2) is 24.3 Å². The Labute approximate surface area is 87.1 Å². The Kier molecular flexibility index (Phi) is 13.3. The van der Waals surface area contributed by atoms with Crippen LogP contribution in [0, 0.1) is 0 Å². The second-order valence-electron chi connectivity index (χ2n) is 2.37. The molecule has 1 radical (unpaired) electrons. The van der Waals surface area contributed by atoms with Gasteiger partial charge in [-0.25, -0.2) is 4.79 Å². The molecule has 0 bridgehead atoms. The van der Waals surface area contributed by atoms with Gasteiger partial charge in [-0.15, -0.1) is 8.78 Å². The van der Waals surface area contributed by atoms with E-state index in [-0.39, 0.29) is 16.8 Å². The van der Waals surface area contributed by atoms with E-state index in [9.17, 15) is 8.78 Å². The number of hydrogen-bond acceptors (Lipinski definition) is 1. The normalized spacial score (nSPS) is 14.3. The van der Waals surface area contributed by atoms with Crippen molar-refractivity contribution in [3.8, 4) is 0 Å². The van der Waals surface area contributed by atoms with Crippen LogP contribution < -0.4 is 0 Å². The molecule has 0 heterocycles. The molecule has 0 aromatic rings. The van der Waals surface area contributed by atoms with Gasteiger partial charge in [0.05, 0.1) is 0 Å². The Morgan fingerprint density at radius 1 is 1.00 bits per heavy atom. The molecule has 0 unspecified atom stereocenters. The zero-order valence-corrected chi connectivity index (χ0v) is 8.18. The summed E-state index contributed by atoms with van der Waals surface area (Å²) in [7, 11) is 0. The van der Waals surface area contributed by atoms with Crippen LogP contribution in [0.3, 0.4) is 0 Å². The van der Waals surface area contributed by atoms with Crippen LogP contribution in [0.25, 0.3) is 0 Å². The monoisotopic (exact) mass is 233 g/mol. The van der Waals surface area contributed by atoms with Gasteiger partial charge in [0.1, 0.15) is 0 Å². The molecule has 0 atom stereocenters. The van der Waals surface area contributed by atoms with Crippen LogP contribution in [0.4, 0.5) is 13.6 Å². The van der Waals surface area contributed by atoms with E-state index >= 15 is 0 Å². The maximum atomic E-state index is 9.69. The van der Waals surface area contributed by atoms with Crippen LogP contribution in [0.1, 0.15) is 25.7 Å². The number of halogens is 2. The molecule has 1 nitrogen and oxygen atoms in total. The first-order valence-electron chi connectivity index (χ1n) is 3.90. The van der Waals surface area contributed by atoms with E-state index in [1.807, 2.05) is 0 Å². The second kappa shape index (κ2) is 11.5. The molecule has 0 amide bonds. The van der Waals surface area contributed by atoms with Gasteiger partial charge in [-0.3, -0.25) is 0 Å². The molecule has 0 spiro atoms. The van der Waals surface area contributed by atoms with E-state index in [2.05, 4.69) is 24.3 Å². The fraction of sp³-hybridized carbons (Fsp3) is 0.444. The minimum atomic E-state index is -2.83. The van der Waals surface area contributed by atoms with Gasteiger partial charge in [-0.2, -0.15) is 0 Å². The molecule has 0 saturated carbocycles. The zero-order chi connectivity index (χ0) is 9.23. The molecule has 4 heteroatoms. The minimum absolute atomic E-state index is 0. The van der Waals surface area contributed by atoms with Gasteiger partial charge < -0.3 is 0 Å². The first kappa shape index (κ1) is 15.0. The summed E-state index contributed by atoms with van der Waals surface area (Å²) >= 11 is 0. The molecule has 0 N–H and O–H groups in total. The Bertz CT molecular complexity index is 160. The van der Waals surface area contributed by atoms with Crippen LogP contribution in [0.2, 0.25) is 0 Å². The quantitative estimate of drug-likeness (QED) is 0.583. The molecule has 0 fully saturated rings. The van der Waals surface area contributed by atoms with Gasteiger partial charge in [0.25, 0.3) is 0 Å². The summed E-state index contributed by atoms with van der Waals surface area (Å²) in [5.41, 5.74) is 0. The predicted octanol–water partition coefficient (Wildman–Crippen LogP) is 3.72. The van der Waals surface area contributed by atoms with Gasteiger partial charge in [-0.05, 0) is 25.7 Å². The maximum absolute atomic E-state index is 9.69. The van der Waals surface area contributed by atoms with Crippen molar-refractivity contribution >= 4 is 6.29 Å². The van der Waals surface area contributed by atoms with Crippen LogP contribution in [-0.4, -0.2) is 6.29 Å². The van der Waals surface area contributed by atoms with Crippen molar-refractivity contribution in [1.29, 1.82) is 0 Å². The molecule has 1 rings (SSSR count). The second-order valence-corrected chi connectivity index (χ2v) is 2.37. The van der Waals surface area contributed by atoms with Crippen molar-refractivity contribution in [2.75, 3.05) is 0 Å². The van der Waals surface area contributed by atoms with Crippen molar-refractivity contribution in [2.45, 2.75) is 25.7 Å². The summed E-state index contributed by atoms with van der Waals surface area (Å²) in [5.74, 6) is 0. The van der Waals surface area contributed by atoms with Gasteiger partial charge >= 0.3 is 6.29 Å². The van der Waals surface area contributed by atoms with Crippen molar-refractivity contribution in [2.24, 2.45) is 0 Å². The molecular weight excluding hydrogens is 221 g/mol. The minimum Gasteiger partial charge on any atom is -0.219 e. The molecule has 13 heavy (non-hydrogen) atoms. The number of rotatable bonds is 0. The third kappa shape index (κ3) is 18.5. The smallest absolute Gasteiger partial charge is 0.219 e. The first-order chi connectivity index (χ1) is 5.73. The number of carbonyl (C=O) groups excluding carboxylic acids is 1. The Morgan fingerprint density at radius 2 is 1.31 bits per heavy atom.